The molecule has 0 aliphatic rings. The van der Waals surface area contributed by atoms with E-state index >= 15 is 0 Å². The molecule has 0 saturated heterocycles. The number of amides is 1. The summed E-state index contributed by atoms with van der Waals surface area (Å²) in [5, 5.41) is 2.63. The lowest BCUT2D eigenvalue weighted by Crippen LogP contribution is -2.24. The fraction of sp³-hybridized carbons (Fsp3) is 0.250. The van der Waals surface area contributed by atoms with Crippen LogP contribution in [0.25, 0.3) is 0 Å². The predicted molar refractivity (Wildman–Crippen MR) is 54.4 cm³/mol. The standard InChI is InChI=1S/C8H9ClN2OS/c1-3-4-10-7(12)6-5(2)13-8(9)11-6/h3H,1,4H2,2H3,(H,10,12). The van der Waals surface area contributed by atoms with Crippen molar-refractivity contribution in [3.63, 3.8) is 0 Å². The Morgan fingerprint density at radius 2 is 2.54 bits per heavy atom. The van der Waals surface area contributed by atoms with Crippen molar-refractivity contribution in [2.45, 2.75) is 6.92 Å². The molecule has 13 heavy (non-hydrogen) atoms. The van der Waals surface area contributed by atoms with Gasteiger partial charge in [-0.1, -0.05) is 17.7 Å². The minimum Gasteiger partial charge on any atom is -0.347 e. The second-order valence-corrected chi connectivity index (χ2v) is 4.16. The first-order valence-electron chi connectivity index (χ1n) is 3.67. The molecule has 70 valence electrons. The Morgan fingerprint density at radius 1 is 1.85 bits per heavy atom. The number of nitrogens with one attached hydrogen (secondary N) is 1. The highest BCUT2D eigenvalue weighted by Gasteiger charge is 2.13. The average Bonchev–Trinajstić information content (AvgIpc) is 2.41. The highest BCUT2D eigenvalue weighted by molar-refractivity contribution is 7.15. The summed E-state index contributed by atoms with van der Waals surface area (Å²) in [6, 6.07) is 0. The van der Waals surface area contributed by atoms with Crippen LogP contribution in [0.4, 0.5) is 0 Å². The zero-order chi connectivity index (χ0) is 9.84. The van der Waals surface area contributed by atoms with Gasteiger partial charge in [0.25, 0.3) is 5.91 Å². The smallest absolute Gasteiger partial charge is 0.271 e. The summed E-state index contributed by atoms with van der Waals surface area (Å²) < 4.78 is 0.390. The zero-order valence-corrected chi connectivity index (χ0v) is 8.71. The van der Waals surface area contributed by atoms with Gasteiger partial charge in [0.05, 0.1) is 0 Å². The van der Waals surface area contributed by atoms with E-state index < -0.39 is 0 Å². The SMILES string of the molecule is C=CCNC(=O)c1nc(Cl)sc1C. The first-order chi connectivity index (χ1) is 6.15. The number of hydrogen-bond acceptors (Lipinski definition) is 3. The molecule has 0 aliphatic heterocycles. The van der Waals surface area contributed by atoms with Gasteiger partial charge in [-0.05, 0) is 6.92 Å². The lowest BCUT2D eigenvalue weighted by atomic mass is 10.3. The fourth-order valence-electron chi connectivity index (χ4n) is 0.823. The third-order valence-corrected chi connectivity index (χ3v) is 2.47. The summed E-state index contributed by atoms with van der Waals surface area (Å²) in [4.78, 5) is 16.1. The van der Waals surface area contributed by atoms with Gasteiger partial charge >= 0.3 is 0 Å². The van der Waals surface area contributed by atoms with E-state index in [1.165, 1.54) is 11.3 Å². The Bertz CT molecular complexity index is 335. The van der Waals surface area contributed by atoms with Gasteiger partial charge in [0, 0.05) is 11.4 Å². The lowest BCUT2D eigenvalue weighted by Gasteiger charge is -1.98. The third kappa shape index (κ3) is 2.54. The number of carbonyl (C=O) groups is 1. The van der Waals surface area contributed by atoms with E-state index in [2.05, 4.69) is 16.9 Å². The van der Waals surface area contributed by atoms with Crippen molar-refractivity contribution in [1.29, 1.82) is 0 Å². The van der Waals surface area contributed by atoms with E-state index in [9.17, 15) is 4.79 Å². The van der Waals surface area contributed by atoms with Crippen molar-refractivity contribution in [1.82, 2.24) is 10.3 Å². The molecule has 0 spiro atoms. The highest BCUT2D eigenvalue weighted by Crippen LogP contribution is 2.21. The maximum absolute atomic E-state index is 11.4. The molecular weight excluding hydrogens is 208 g/mol. The molecular formula is C8H9ClN2OS. The number of hydrogen-bond donors (Lipinski definition) is 1. The van der Waals surface area contributed by atoms with Crippen LogP contribution in [0.3, 0.4) is 0 Å². The van der Waals surface area contributed by atoms with Gasteiger partial charge < -0.3 is 5.32 Å². The number of nitrogens with zero attached hydrogens (tertiary/aromatic N) is 1. The number of thiazole rings is 1. The van der Waals surface area contributed by atoms with Crippen LogP contribution >= 0.6 is 22.9 Å². The highest BCUT2D eigenvalue weighted by atomic mass is 35.5. The summed E-state index contributed by atoms with van der Waals surface area (Å²) in [6.45, 7) is 5.75. The topological polar surface area (TPSA) is 42.0 Å². The minimum atomic E-state index is -0.208. The summed E-state index contributed by atoms with van der Waals surface area (Å²) in [5.41, 5.74) is 0.400. The summed E-state index contributed by atoms with van der Waals surface area (Å²) in [7, 11) is 0. The first-order valence-corrected chi connectivity index (χ1v) is 4.86. The van der Waals surface area contributed by atoms with Crippen LogP contribution in [0.15, 0.2) is 12.7 Å². The van der Waals surface area contributed by atoms with E-state index in [0.717, 1.165) is 4.88 Å². The first kappa shape index (κ1) is 10.2. The molecule has 1 N–H and O–H groups in total. The molecule has 3 nitrogen and oxygen atoms in total. The van der Waals surface area contributed by atoms with Crippen LogP contribution in [-0.4, -0.2) is 17.4 Å². The third-order valence-electron chi connectivity index (χ3n) is 1.39. The molecule has 0 atom stereocenters. The minimum absolute atomic E-state index is 0.208. The number of aryl methyl sites for hydroxylation is 1. The van der Waals surface area contributed by atoms with Crippen molar-refractivity contribution in [2.75, 3.05) is 6.54 Å². The van der Waals surface area contributed by atoms with Crippen molar-refractivity contribution < 1.29 is 4.79 Å². The Hall–Kier alpha value is -0.870. The van der Waals surface area contributed by atoms with E-state index in [0.29, 0.717) is 16.7 Å². The van der Waals surface area contributed by atoms with Gasteiger partial charge in [0.2, 0.25) is 0 Å². The van der Waals surface area contributed by atoms with Crippen molar-refractivity contribution in [3.8, 4) is 0 Å². The summed E-state index contributed by atoms with van der Waals surface area (Å²) in [5.74, 6) is -0.208. The second-order valence-electron chi connectivity index (χ2n) is 2.37. The monoisotopic (exact) mass is 216 g/mol. The Kier molecular flexibility index (Phi) is 3.45. The fourth-order valence-corrected chi connectivity index (χ4v) is 1.88. The average molecular weight is 217 g/mol. The van der Waals surface area contributed by atoms with Gasteiger partial charge in [-0.15, -0.1) is 17.9 Å². The maximum Gasteiger partial charge on any atom is 0.271 e. The molecule has 1 aromatic rings. The Balaban J connectivity index is 2.76. The van der Waals surface area contributed by atoms with Gasteiger partial charge in [-0.25, -0.2) is 4.98 Å². The van der Waals surface area contributed by atoms with E-state index in [-0.39, 0.29) is 5.91 Å². The second kappa shape index (κ2) is 4.39. The van der Waals surface area contributed by atoms with Crippen LogP contribution in [0.1, 0.15) is 15.4 Å². The predicted octanol–water partition coefficient (Wildman–Crippen LogP) is 2.02. The molecule has 1 aromatic heterocycles. The quantitative estimate of drug-likeness (QED) is 0.786. The molecule has 0 bridgehead atoms. The molecule has 0 radical (unpaired) electrons. The largest absolute Gasteiger partial charge is 0.347 e. The van der Waals surface area contributed by atoms with Gasteiger partial charge in [0.15, 0.2) is 4.47 Å². The maximum atomic E-state index is 11.4. The number of halogens is 1. The van der Waals surface area contributed by atoms with Gasteiger partial charge in [-0.3, -0.25) is 4.79 Å². The molecule has 0 aliphatic carbocycles. The molecule has 0 fully saturated rings. The number of rotatable bonds is 3. The van der Waals surface area contributed by atoms with Crippen LogP contribution in [-0.2, 0) is 0 Å². The summed E-state index contributed by atoms with van der Waals surface area (Å²) >= 11 is 6.95. The number of carbonyl (C=O) groups excluding carboxylic acids is 1. The Morgan fingerprint density at radius 3 is 3.00 bits per heavy atom. The molecule has 0 unspecified atom stereocenters. The van der Waals surface area contributed by atoms with Crippen LogP contribution in [0.5, 0.6) is 0 Å². The van der Waals surface area contributed by atoms with E-state index in [1.807, 2.05) is 6.92 Å². The molecule has 1 heterocycles. The van der Waals surface area contributed by atoms with Crippen molar-refractivity contribution >= 4 is 28.8 Å². The van der Waals surface area contributed by atoms with Crippen molar-refractivity contribution in [3.05, 3.63) is 27.7 Å². The molecule has 0 saturated carbocycles. The van der Waals surface area contributed by atoms with Crippen molar-refractivity contribution in [2.24, 2.45) is 0 Å². The van der Waals surface area contributed by atoms with E-state index in [1.54, 1.807) is 6.08 Å². The molecule has 1 amide bonds. The Labute approximate surface area is 85.4 Å². The molecule has 1 rings (SSSR count). The van der Waals surface area contributed by atoms with E-state index in [4.69, 9.17) is 11.6 Å². The summed E-state index contributed by atoms with van der Waals surface area (Å²) in [6.07, 6.45) is 1.61. The van der Waals surface area contributed by atoms with Crippen LogP contribution < -0.4 is 5.32 Å². The molecule has 0 aromatic carbocycles. The zero-order valence-electron chi connectivity index (χ0n) is 7.13. The lowest BCUT2D eigenvalue weighted by molar-refractivity contribution is 0.0953. The van der Waals surface area contributed by atoms with Crippen LogP contribution in [0, 0.1) is 6.92 Å². The van der Waals surface area contributed by atoms with Gasteiger partial charge in [-0.2, -0.15) is 0 Å². The normalized spacial score (nSPS) is 9.69. The molecule has 5 heteroatoms. The van der Waals surface area contributed by atoms with Gasteiger partial charge in [0.1, 0.15) is 5.69 Å². The number of aromatic nitrogens is 1. The van der Waals surface area contributed by atoms with Crippen LogP contribution in [0.2, 0.25) is 4.47 Å².